The molecule has 1 unspecified atom stereocenters. The number of pyridine rings is 1. The van der Waals surface area contributed by atoms with Crippen molar-refractivity contribution in [2.45, 2.75) is 6.04 Å². The van der Waals surface area contributed by atoms with Gasteiger partial charge in [-0.05, 0) is 18.4 Å². The zero-order valence-corrected chi connectivity index (χ0v) is 10.9. The van der Waals surface area contributed by atoms with Crippen LogP contribution in [0.2, 0.25) is 0 Å². The van der Waals surface area contributed by atoms with E-state index < -0.39 is 17.9 Å². The van der Waals surface area contributed by atoms with Gasteiger partial charge in [0.05, 0.1) is 0 Å². The molecular weight excluding hydrogens is 268 g/mol. The van der Waals surface area contributed by atoms with Crippen molar-refractivity contribution in [3.63, 3.8) is 0 Å². The van der Waals surface area contributed by atoms with Crippen LogP contribution in [-0.2, 0) is 4.79 Å². The van der Waals surface area contributed by atoms with E-state index in [9.17, 15) is 9.59 Å². The van der Waals surface area contributed by atoms with Gasteiger partial charge in [0.1, 0.15) is 11.6 Å². The van der Waals surface area contributed by atoms with E-state index in [0.29, 0.717) is 16.7 Å². The molecule has 7 heteroatoms. The van der Waals surface area contributed by atoms with Crippen molar-refractivity contribution < 1.29 is 19.1 Å². The molecule has 0 aliphatic carbocycles. The van der Waals surface area contributed by atoms with Crippen molar-refractivity contribution in [3.05, 3.63) is 30.3 Å². The summed E-state index contributed by atoms with van der Waals surface area (Å²) in [7, 11) is 0. The van der Waals surface area contributed by atoms with E-state index in [4.69, 9.17) is 9.52 Å². The zero-order chi connectivity index (χ0) is 13.8. The van der Waals surface area contributed by atoms with Crippen molar-refractivity contribution in [2.75, 3.05) is 12.0 Å². The topological polar surface area (TPSA) is 92.4 Å². The molecule has 2 N–H and O–H groups in total. The van der Waals surface area contributed by atoms with Crippen LogP contribution in [0, 0.1) is 0 Å². The minimum Gasteiger partial charge on any atom is -0.480 e. The molecule has 2 rings (SSSR count). The fourth-order valence-corrected chi connectivity index (χ4v) is 2.13. The second kappa shape index (κ2) is 5.75. The van der Waals surface area contributed by atoms with Crippen LogP contribution in [0.3, 0.4) is 0 Å². The van der Waals surface area contributed by atoms with E-state index in [-0.39, 0.29) is 5.76 Å². The molecule has 100 valence electrons. The van der Waals surface area contributed by atoms with Crippen molar-refractivity contribution in [2.24, 2.45) is 0 Å². The predicted octanol–water partition coefficient (Wildman–Crippen LogP) is 1.37. The monoisotopic (exact) mass is 280 g/mol. The largest absolute Gasteiger partial charge is 0.480 e. The number of carbonyl (C=O) groups is 2. The minimum absolute atomic E-state index is 0.0790. The molecule has 0 saturated heterocycles. The smallest absolute Gasteiger partial charge is 0.327 e. The van der Waals surface area contributed by atoms with Crippen LogP contribution >= 0.6 is 11.8 Å². The fraction of sp³-hybridized carbons (Fsp3) is 0.250. The van der Waals surface area contributed by atoms with E-state index in [2.05, 4.69) is 10.3 Å². The zero-order valence-electron chi connectivity index (χ0n) is 10.1. The van der Waals surface area contributed by atoms with Crippen molar-refractivity contribution in [1.29, 1.82) is 0 Å². The van der Waals surface area contributed by atoms with Crippen LogP contribution in [0.5, 0.6) is 0 Å². The summed E-state index contributed by atoms with van der Waals surface area (Å²) in [5, 5.41) is 12.1. The fourth-order valence-electron chi connectivity index (χ4n) is 1.57. The van der Waals surface area contributed by atoms with Gasteiger partial charge in [-0.25, -0.2) is 4.79 Å². The summed E-state index contributed by atoms with van der Waals surface area (Å²) in [6.07, 6.45) is 4.91. The normalized spacial score (nSPS) is 12.3. The average molecular weight is 280 g/mol. The quantitative estimate of drug-likeness (QED) is 0.859. The number of carbonyl (C=O) groups excluding carboxylic acids is 1. The van der Waals surface area contributed by atoms with Gasteiger partial charge in [-0.15, -0.1) is 0 Å². The summed E-state index contributed by atoms with van der Waals surface area (Å²) >= 11 is 1.34. The highest BCUT2D eigenvalue weighted by Gasteiger charge is 2.22. The number of amides is 1. The van der Waals surface area contributed by atoms with Gasteiger partial charge in [0.2, 0.25) is 0 Å². The van der Waals surface area contributed by atoms with E-state index >= 15 is 0 Å². The Hall–Kier alpha value is -2.02. The minimum atomic E-state index is -1.07. The molecule has 0 aliphatic heterocycles. The molecule has 1 amide bonds. The second-order valence-electron chi connectivity index (χ2n) is 3.84. The first-order chi connectivity index (χ1) is 9.11. The van der Waals surface area contributed by atoms with Gasteiger partial charge >= 0.3 is 5.97 Å². The standard InChI is InChI=1S/C12H12N2O4S/c1-19-6-8(12(16)17)14-11(15)10-4-7-5-13-3-2-9(7)18-10/h2-5,8H,6H2,1H3,(H,14,15)(H,16,17). The van der Waals surface area contributed by atoms with E-state index in [1.54, 1.807) is 24.7 Å². The molecular formula is C12H12N2O4S. The molecule has 0 radical (unpaired) electrons. The van der Waals surface area contributed by atoms with Crippen LogP contribution in [0.1, 0.15) is 10.6 Å². The van der Waals surface area contributed by atoms with Gasteiger partial charge in [0.25, 0.3) is 5.91 Å². The Bertz CT molecular complexity index is 578. The van der Waals surface area contributed by atoms with Crippen molar-refractivity contribution >= 4 is 34.6 Å². The summed E-state index contributed by atoms with van der Waals surface area (Å²) < 4.78 is 5.34. The summed E-state index contributed by atoms with van der Waals surface area (Å²) in [6, 6.07) is 2.24. The number of aromatic nitrogens is 1. The lowest BCUT2D eigenvalue weighted by atomic mass is 10.3. The third-order valence-corrected chi connectivity index (χ3v) is 3.14. The first-order valence-corrected chi connectivity index (χ1v) is 6.87. The van der Waals surface area contributed by atoms with Gasteiger partial charge in [-0.3, -0.25) is 9.78 Å². The first-order valence-electron chi connectivity index (χ1n) is 5.48. The molecule has 2 heterocycles. The third-order valence-electron chi connectivity index (χ3n) is 2.48. The highest BCUT2D eigenvalue weighted by molar-refractivity contribution is 7.98. The number of nitrogens with zero attached hydrogens (tertiary/aromatic N) is 1. The number of hydrogen-bond acceptors (Lipinski definition) is 5. The Kier molecular flexibility index (Phi) is 4.06. The van der Waals surface area contributed by atoms with Gasteiger partial charge < -0.3 is 14.8 Å². The van der Waals surface area contributed by atoms with E-state index in [0.717, 1.165) is 0 Å². The Morgan fingerprint density at radius 2 is 2.37 bits per heavy atom. The van der Waals surface area contributed by atoms with Crippen LogP contribution < -0.4 is 5.32 Å². The third kappa shape index (κ3) is 3.05. The number of furan rings is 1. The lowest BCUT2D eigenvalue weighted by molar-refractivity contribution is -0.138. The summed E-state index contributed by atoms with van der Waals surface area (Å²) in [5.41, 5.74) is 0.539. The predicted molar refractivity (Wildman–Crippen MR) is 71.3 cm³/mol. The molecule has 0 aliphatic rings. The Morgan fingerprint density at radius 3 is 3.00 bits per heavy atom. The van der Waals surface area contributed by atoms with Crippen LogP contribution in [-0.4, -0.2) is 40.0 Å². The lowest BCUT2D eigenvalue weighted by Gasteiger charge is -2.11. The van der Waals surface area contributed by atoms with Crippen molar-refractivity contribution in [1.82, 2.24) is 10.3 Å². The second-order valence-corrected chi connectivity index (χ2v) is 4.75. The van der Waals surface area contributed by atoms with Crippen LogP contribution in [0.25, 0.3) is 11.0 Å². The molecule has 19 heavy (non-hydrogen) atoms. The van der Waals surface area contributed by atoms with E-state index in [1.807, 2.05) is 0 Å². The molecule has 2 aromatic rings. The summed E-state index contributed by atoms with van der Waals surface area (Å²) in [4.78, 5) is 26.8. The average Bonchev–Trinajstić information content (AvgIpc) is 2.81. The number of aliphatic carboxylic acids is 1. The SMILES string of the molecule is CSCC(NC(=O)c1cc2cnccc2o1)C(=O)O. The molecule has 0 aromatic carbocycles. The van der Waals surface area contributed by atoms with Crippen LogP contribution in [0.15, 0.2) is 28.9 Å². The van der Waals surface area contributed by atoms with Crippen LogP contribution in [0.4, 0.5) is 0 Å². The van der Waals surface area contributed by atoms with Gasteiger partial charge in [0, 0.05) is 23.5 Å². The maximum atomic E-state index is 11.9. The highest BCUT2D eigenvalue weighted by Crippen LogP contribution is 2.17. The molecule has 0 bridgehead atoms. The Labute approximate surface area is 113 Å². The van der Waals surface area contributed by atoms with Gasteiger partial charge in [-0.2, -0.15) is 11.8 Å². The molecule has 1 atom stereocenters. The van der Waals surface area contributed by atoms with Crippen molar-refractivity contribution in [3.8, 4) is 0 Å². The number of rotatable bonds is 5. The summed E-state index contributed by atoms with van der Waals surface area (Å²) in [6.45, 7) is 0. The first kappa shape index (κ1) is 13.4. The maximum absolute atomic E-state index is 11.9. The van der Waals surface area contributed by atoms with E-state index in [1.165, 1.54) is 17.8 Å². The Balaban J connectivity index is 2.16. The summed E-state index contributed by atoms with van der Waals surface area (Å²) in [5.74, 6) is -1.24. The number of thioether (sulfide) groups is 1. The number of carboxylic acids is 1. The van der Waals surface area contributed by atoms with Gasteiger partial charge in [0.15, 0.2) is 5.76 Å². The highest BCUT2D eigenvalue weighted by atomic mass is 32.2. The molecule has 0 saturated carbocycles. The number of hydrogen-bond donors (Lipinski definition) is 2. The maximum Gasteiger partial charge on any atom is 0.327 e. The number of carboxylic acid groups (broad SMARTS) is 1. The Morgan fingerprint density at radius 1 is 1.58 bits per heavy atom. The molecule has 0 spiro atoms. The molecule has 0 fully saturated rings. The van der Waals surface area contributed by atoms with Gasteiger partial charge in [-0.1, -0.05) is 0 Å². The molecule has 2 aromatic heterocycles. The number of nitrogens with one attached hydrogen (secondary N) is 1. The molecule has 6 nitrogen and oxygen atoms in total. The number of fused-ring (bicyclic) bond motifs is 1. The lowest BCUT2D eigenvalue weighted by Crippen LogP contribution is -2.42.